The van der Waals surface area contributed by atoms with Crippen LogP contribution >= 0.6 is 0 Å². The molecule has 2 aromatic heterocycles. The zero-order chi connectivity index (χ0) is 17.2. The summed E-state index contributed by atoms with van der Waals surface area (Å²) in [5.41, 5.74) is 0.289. The van der Waals surface area contributed by atoms with Crippen LogP contribution in [0, 0.1) is 13.8 Å². The number of ether oxygens (including phenoxy) is 1. The summed E-state index contributed by atoms with van der Waals surface area (Å²) < 4.78 is 37.0. The van der Waals surface area contributed by atoms with E-state index in [2.05, 4.69) is 24.8 Å². The predicted molar refractivity (Wildman–Crippen MR) is 80.7 cm³/mol. The zero-order valence-electron chi connectivity index (χ0n) is 13.5. The first-order valence-corrected chi connectivity index (χ1v) is 8.11. The van der Waals surface area contributed by atoms with Crippen LogP contribution in [-0.4, -0.2) is 49.7 Å². The number of rotatable bonds is 6. The number of nitrogens with zero attached hydrogens (tertiary/aromatic N) is 5. The van der Waals surface area contributed by atoms with E-state index in [1.807, 2.05) is 0 Å². The van der Waals surface area contributed by atoms with Crippen LogP contribution in [0.5, 0.6) is 6.01 Å². The van der Waals surface area contributed by atoms with Gasteiger partial charge in [0, 0.05) is 14.1 Å². The maximum Gasteiger partial charge on any atom is 0.321 e. The molecule has 2 aromatic rings. The normalized spacial score (nSPS) is 11.5. The topological polar surface area (TPSA) is 123 Å². The molecule has 0 spiro atoms. The van der Waals surface area contributed by atoms with Gasteiger partial charge in [-0.2, -0.15) is 15.0 Å². The van der Waals surface area contributed by atoms with E-state index in [9.17, 15) is 8.42 Å². The van der Waals surface area contributed by atoms with Gasteiger partial charge in [0.15, 0.2) is 11.6 Å². The second-order valence-corrected chi connectivity index (χ2v) is 6.61. The molecule has 0 atom stereocenters. The number of sulfonamides is 1. The van der Waals surface area contributed by atoms with Crippen molar-refractivity contribution in [3.8, 4) is 6.01 Å². The molecule has 0 aliphatic carbocycles. The van der Waals surface area contributed by atoms with Crippen LogP contribution < -0.4 is 14.4 Å². The summed E-state index contributed by atoms with van der Waals surface area (Å²) in [4.78, 5) is 13.9. The molecule has 0 unspecified atom stereocenters. The maximum atomic E-state index is 12.4. The Kier molecular flexibility index (Phi) is 4.80. The average molecular weight is 342 g/mol. The molecule has 0 bridgehead atoms. The first-order valence-electron chi connectivity index (χ1n) is 6.63. The van der Waals surface area contributed by atoms with Gasteiger partial charge in [0.1, 0.15) is 10.6 Å². The first-order chi connectivity index (χ1) is 10.7. The third-order valence-corrected chi connectivity index (χ3v) is 4.53. The van der Waals surface area contributed by atoms with E-state index in [1.54, 1.807) is 25.9 Å². The molecule has 10 nitrogen and oxygen atoms in total. The Morgan fingerprint density at radius 3 is 2.43 bits per heavy atom. The Labute approximate surface area is 133 Å². The highest BCUT2D eigenvalue weighted by molar-refractivity contribution is 7.89. The fraction of sp³-hybridized carbons (Fsp3) is 0.500. The fourth-order valence-electron chi connectivity index (χ4n) is 1.85. The molecule has 11 heteroatoms. The highest BCUT2D eigenvalue weighted by atomic mass is 32.2. The Hall–Kier alpha value is -2.27. The number of nitrogens with one attached hydrogen (secondary N) is 1. The van der Waals surface area contributed by atoms with E-state index in [0.717, 1.165) is 0 Å². The average Bonchev–Trinajstić information content (AvgIpc) is 2.84. The SMILES string of the molecule is COc1nc(CNS(=O)(=O)c2c(C)noc2C)nc(N(C)C)n1. The molecule has 0 aromatic carbocycles. The lowest BCUT2D eigenvalue weighted by Crippen LogP contribution is -2.26. The van der Waals surface area contributed by atoms with Crippen molar-refractivity contribution in [2.75, 3.05) is 26.1 Å². The number of aromatic nitrogens is 4. The predicted octanol–water partition coefficient (Wildman–Crippen LogP) is 0.0295. The van der Waals surface area contributed by atoms with Crippen LogP contribution in [0.1, 0.15) is 17.3 Å². The molecule has 1 N–H and O–H groups in total. The molecular formula is C12H18N6O4S. The highest BCUT2D eigenvalue weighted by Crippen LogP contribution is 2.19. The van der Waals surface area contributed by atoms with E-state index in [1.165, 1.54) is 14.0 Å². The van der Waals surface area contributed by atoms with Gasteiger partial charge in [-0.25, -0.2) is 13.1 Å². The Balaban J connectivity index is 2.25. The van der Waals surface area contributed by atoms with Crippen LogP contribution in [0.4, 0.5) is 5.95 Å². The monoisotopic (exact) mass is 342 g/mol. The van der Waals surface area contributed by atoms with Crippen molar-refractivity contribution in [3.63, 3.8) is 0 Å². The van der Waals surface area contributed by atoms with E-state index in [-0.39, 0.29) is 34.7 Å². The maximum absolute atomic E-state index is 12.4. The van der Waals surface area contributed by atoms with Crippen molar-refractivity contribution in [2.45, 2.75) is 25.3 Å². The number of methoxy groups -OCH3 is 1. The van der Waals surface area contributed by atoms with Gasteiger partial charge in [-0.15, -0.1) is 0 Å². The number of aryl methyl sites for hydroxylation is 2. The van der Waals surface area contributed by atoms with E-state index < -0.39 is 10.0 Å². The van der Waals surface area contributed by atoms with Gasteiger partial charge in [0.2, 0.25) is 16.0 Å². The van der Waals surface area contributed by atoms with Crippen molar-refractivity contribution in [1.29, 1.82) is 0 Å². The molecule has 23 heavy (non-hydrogen) atoms. The molecular weight excluding hydrogens is 324 g/mol. The molecule has 0 amide bonds. The summed E-state index contributed by atoms with van der Waals surface area (Å²) >= 11 is 0. The Morgan fingerprint density at radius 1 is 1.22 bits per heavy atom. The summed E-state index contributed by atoms with van der Waals surface area (Å²) in [6, 6.07) is 0.107. The minimum atomic E-state index is -3.79. The smallest absolute Gasteiger partial charge is 0.321 e. The molecule has 0 saturated heterocycles. The summed E-state index contributed by atoms with van der Waals surface area (Å²) in [6.07, 6.45) is 0. The van der Waals surface area contributed by atoms with Gasteiger partial charge in [-0.1, -0.05) is 5.16 Å². The van der Waals surface area contributed by atoms with E-state index in [0.29, 0.717) is 5.95 Å². The quantitative estimate of drug-likeness (QED) is 0.774. The van der Waals surface area contributed by atoms with E-state index in [4.69, 9.17) is 9.26 Å². The lowest BCUT2D eigenvalue weighted by Gasteiger charge is -2.12. The van der Waals surface area contributed by atoms with Crippen LogP contribution in [0.15, 0.2) is 9.42 Å². The van der Waals surface area contributed by atoms with Gasteiger partial charge in [0.25, 0.3) is 0 Å². The summed E-state index contributed by atoms with van der Waals surface area (Å²) in [7, 11) is 1.15. The van der Waals surface area contributed by atoms with Gasteiger partial charge in [-0.3, -0.25) is 0 Å². The fourth-order valence-corrected chi connectivity index (χ4v) is 3.15. The summed E-state index contributed by atoms with van der Waals surface area (Å²) in [5, 5.41) is 3.64. The number of anilines is 1. The molecule has 0 fully saturated rings. The third kappa shape index (κ3) is 3.74. The molecule has 0 radical (unpaired) electrons. The van der Waals surface area contributed by atoms with Crippen molar-refractivity contribution >= 4 is 16.0 Å². The number of hydrogen-bond acceptors (Lipinski definition) is 9. The second-order valence-electron chi connectivity index (χ2n) is 4.91. The van der Waals surface area contributed by atoms with Crippen LogP contribution in [0.2, 0.25) is 0 Å². The van der Waals surface area contributed by atoms with Crippen molar-refractivity contribution in [3.05, 3.63) is 17.3 Å². The van der Waals surface area contributed by atoms with Crippen LogP contribution in [-0.2, 0) is 16.6 Å². The molecule has 126 valence electrons. The van der Waals surface area contributed by atoms with Gasteiger partial charge >= 0.3 is 6.01 Å². The molecule has 0 aliphatic heterocycles. The van der Waals surface area contributed by atoms with Crippen LogP contribution in [0.25, 0.3) is 0 Å². The number of hydrogen-bond donors (Lipinski definition) is 1. The summed E-state index contributed by atoms with van der Waals surface area (Å²) in [5.74, 6) is 0.816. The Bertz CT molecular complexity index is 782. The van der Waals surface area contributed by atoms with Gasteiger partial charge in [0.05, 0.1) is 13.7 Å². The van der Waals surface area contributed by atoms with Gasteiger partial charge < -0.3 is 14.2 Å². The lowest BCUT2D eigenvalue weighted by atomic mass is 10.4. The first kappa shape index (κ1) is 17.1. The molecule has 0 aliphatic rings. The molecule has 2 heterocycles. The largest absolute Gasteiger partial charge is 0.467 e. The molecule has 2 rings (SSSR count). The lowest BCUT2D eigenvalue weighted by molar-refractivity contribution is 0.375. The van der Waals surface area contributed by atoms with Crippen molar-refractivity contribution in [1.82, 2.24) is 24.8 Å². The van der Waals surface area contributed by atoms with E-state index >= 15 is 0 Å². The van der Waals surface area contributed by atoms with Gasteiger partial charge in [-0.05, 0) is 13.8 Å². The van der Waals surface area contributed by atoms with Crippen molar-refractivity contribution in [2.24, 2.45) is 0 Å². The minimum Gasteiger partial charge on any atom is -0.467 e. The standard InChI is InChI=1S/C12H18N6O4S/c1-7-10(8(2)22-17-7)23(19,20)13-6-9-14-11(18(3)4)16-12(15-9)21-5/h13H,6H2,1-5H3. The van der Waals surface area contributed by atoms with Crippen molar-refractivity contribution < 1.29 is 17.7 Å². The van der Waals surface area contributed by atoms with Crippen LogP contribution in [0.3, 0.4) is 0 Å². The summed E-state index contributed by atoms with van der Waals surface area (Å²) in [6.45, 7) is 2.97. The zero-order valence-corrected chi connectivity index (χ0v) is 14.3. The second kappa shape index (κ2) is 6.46. The molecule has 0 saturated carbocycles. The third-order valence-electron chi connectivity index (χ3n) is 2.89. The highest BCUT2D eigenvalue weighted by Gasteiger charge is 2.24. The minimum absolute atomic E-state index is 0.0198. The Morgan fingerprint density at radius 2 is 1.91 bits per heavy atom.